The van der Waals surface area contributed by atoms with Gasteiger partial charge in [-0.25, -0.2) is 0 Å². The first-order valence-electron chi connectivity index (χ1n) is 5.48. The van der Waals surface area contributed by atoms with Gasteiger partial charge in [-0.1, -0.05) is 15.9 Å². The molecule has 100 valence electrons. The van der Waals surface area contributed by atoms with E-state index in [4.69, 9.17) is 0 Å². The number of nitrogens with zero attached hydrogens (tertiary/aromatic N) is 1. The van der Waals surface area contributed by atoms with Crippen LogP contribution in [0.2, 0.25) is 0 Å². The number of halogens is 2. The van der Waals surface area contributed by atoms with E-state index in [1.165, 1.54) is 10.9 Å². The van der Waals surface area contributed by atoms with Crippen molar-refractivity contribution in [2.45, 2.75) is 6.42 Å². The summed E-state index contributed by atoms with van der Waals surface area (Å²) in [4.78, 5) is 11.8. The molecule has 0 fully saturated rings. The third-order valence-corrected chi connectivity index (χ3v) is 4.65. The molecule has 0 atom stereocenters. The summed E-state index contributed by atoms with van der Waals surface area (Å²) in [5.74, 6) is 0. The van der Waals surface area contributed by atoms with Crippen molar-refractivity contribution >= 4 is 54.6 Å². The van der Waals surface area contributed by atoms with Crippen LogP contribution in [0.25, 0.3) is 0 Å². The first kappa shape index (κ1) is 14.5. The molecule has 0 spiro atoms. The number of anilines is 1. The number of rotatable bonds is 5. The van der Waals surface area contributed by atoms with E-state index in [0.717, 1.165) is 10.2 Å². The first-order chi connectivity index (χ1) is 9.06. The molecule has 0 saturated carbocycles. The maximum absolute atomic E-state index is 11.0. The number of thiophene rings is 1. The maximum Gasteiger partial charge on any atom is 0.293 e. The van der Waals surface area contributed by atoms with Gasteiger partial charge in [0.1, 0.15) is 5.69 Å². The van der Waals surface area contributed by atoms with Crippen LogP contribution in [0.1, 0.15) is 4.88 Å². The molecule has 7 heteroatoms. The lowest BCUT2D eigenvalue weighted by Crippen LogP contribution is -2.06. The third-order valence-electron chi connectivity index (χ3n) is 2.47. The van der Waals surface area contributed by atoms with E-state index in [9.17, 15) is 10.1 Å². The van der Waals surface area contributed by atoms with E-state index in [1.807, 2.05) is 12.1 Å². The van der Waals surface area contributed by atoms with Gasteiger partial charge in [-0.05, 0) is 46.6 Å². The Morgan fingerprint density at radius 1 is 1.26 bits per heavy atom. The van der Waals surface area contributed by atoms with Gasteiger partial charge < -0.3 is 5.32 Å². The standard InChI is InChI=1S/C12H10Br2N2O2S/c13-8-1-3-10(11(7-8)16(17)18)15-6-5-9-2-4-12(14)19-9/h1-4,7,15H,5-6H2. The van der Waals surface area contributed by atoms with Gasteiger partial charge in [0.05, 0.1) is 8.71 Å². The van der Waals surface area contributed by atoms with Gasteiger partial charge in [0.15, 0.2) is 0 Å². The molecule has 0 unspecified atom stereocenters. The Kier molecular flexibility index (Phi) is 4.95. The highest BCUT2D eigenvalue weighted by Crippen LogP contribution is 2.28. The van der Waals surface area contributed by atoms with Crippen LogP contribution >= 0.6 is 43.2 Å². The molecular weight excluding hydrogens is 396 g/mol. The Balaban J connectivity index is 2.01. The molecule has 19 heavy (non-hydrogen) atoms. The van der Waals surface area contributed by atoms with E-state index in [1.54, 1.807) is 23.5 Å². The fraction of sp³-hybridized carbons (Fsp3) is 0.167. The fourth-order valence-electron chi connectivity index (χ4n) is 1.61. The van der Waals surface area contributed by atoms with Crippen LogP contribution in [0.5, 0.6) is 0 Å². The molecule has 2 aromatic rings. The summed E-state index contributed by atoms with van der Waals surface area (Å²) in [5.41, 5.74) is 0.630. The summed E-state index contributed by atoms with van der Waals surface area (Å²) < 4.78 is 1.80. The molecule has 0 saturated heterocycles. The van der Waals surface area contributed by atoms with E-state index >= 15 is 0 Å². The molecule has 1 aromatic carbocycles. The Morgan fingerprint density at radius 2 is 2.05 bits per heavy atom. The van der Waals surface area contributed by atoms with Gasteiger partial charge in [-0.15, -0.1) is 11.3 Å². The molecule has 4 nitrogen and oxygen atoms in total. The van der Waals surface area contributed by atoms with Crippen molar-refractivity contribution in [2.24, 2.45) is 0 Å². The SMILES string of the molecule is O=[N+]([O-])c1cc(Br)ccc1NCCc1ccc(Br)s1. The summed E-state index contributed by atoms with van der Waals surface area (Å²) in [6, 6.07) is 9.06. The second-order valence-electron chi connectivity index (χ2n) is 3.80. The zero-order chi connectivity index (χ0) is 13.8. The Hall–Kier alpha value is -0.920. The van der Waals surface area contributed by atoms with Crippen LogP contribution < -0.4 is 5.32 Å². The minimum Gasteiger partial charge on any atom is -0.379 e. The lowest BCUT2D eigenvalue weighted by molar-refractivity contribution is -0.384. The molecular formula is C12H10Br2N2O2S. The van der Waals surface area contributed by atoms with E-state index in [2.05, 4.69) is 37.2 Å². The maximum atomic E-state index is 11.0. The Morgan fingerprint density at radius 3 is 2.68 bits per heavy atom. The predicted octanol–water partition coefficient (Wildman–Crippen LogP) is 4.84. The van der Waals surface area contributed by atoms with Crippen molar-refractivity contribution in [1.82, 2.24) is 0 Å². The van der Waals surface area contributed by atoms with Gasteiger partial charge in [0.2, 0.25) is 0 Å². The van der Waals surface area contributed by atoms with Gasteiger partial charge >= 0.3 is 0 Å². The number of nitro groups is 1. The van der Waals surface area contributed by atoms with Gasteiger partial charge in [0.25, 0.3) is 5.69 Å². The number of nitrogens with one attached hydrogen (secondary N) is 1. The topological polar surface area (TPSA) is 55.2 Å². The highest BCUT2D eigenvalue weighted by molar-refractivity contribution is 9.11. The van der Waals surface area contributed by atoms with Crippen molar-refractivity contribution in [3.05, 3.63) is 53.6 Å². The van der Waals surface area contributed by atoms with Crippen LogP contribution in [-0.4, -0.2) is 11.5 Å². The highest BCUT2D eigenvalue weighted by atomic mass is 79.9. The number of hydrogen-bond acceptors (Lipinski definition) is 4. The molecule has 1 aromatic heterocycles. The monoisotopic (exact) mass is 404 g/mol. The number of hydrogen-bond donors (Lipinski definition) is 1. The van der Waals surface area contributed by atoms with Crippen LogP contribution in [0.4, 0.5) is 11.4 Å². The van der Waals surface area contributed by atoms with E-state index in [0.29, 0.717) is 16.7 Å². The molecule has 0 aliphatic rings. The summed E-state index contributed by atoms with van der Waals surface area (Å²) in [6.07, 6.45) is 0.837. The second kappa shape index (κ2) is 6.49. The third kappa shape index (κ3) is 4.02. The average molecular weight is 406 g/mol. The van der Waals surface area contributed by atoms with Crippen LogP contribution in [0, 0.1) is 10.1 Å². The summed E-state index contributed by atoms with van der Waals surface area (Å²) in [6.45, 7) is 0.662. The normalized spacial score (nSPS) is 10.4. The minimum absolute atomic E-state index is 0.0849. The Bertz CT molecular complexity index is 601. The first-order valence-corrected chi connectivity index (χ1v) is 7.88. The molecule has 1 heterocycles. The Labute approximate surface area is 131 Å². The van der Waals surface area contributed by atoms with Crippen molar-refractivity contribution in [3.63, 3.8) is 0 Å². The fourth-order valence-corrected chi connectivity index (χ4v) is 3.44. The smallest absolute Gasteiger partial charge is 0.293 e. The second-order valence-corrected chi connectivity index (χ2v) is 7.26. The van der Waals surface area contributed by atoms with Crippen LogP contribution in [-0.2, 0) is 6.42 Å². The van der Waals surface area contributed by atoms with Crippen LogP contribution in [0.3, 0.4) is 0 Å². The molecule has 0 radical (unpaired) electrons. The van der Waals surface area contributed by atoms with Crippen molar-refractivity contribution < 1.29 is 4.92 Å². The summed E-state index contributed by atoms with van der Waals surface area (Å²) in [7, 11) is 0. The number of benzene rings is 1. The zero-order valence-electron chi connectivity index (χ0n) is 9.73. The zero-order valence-corrected chi connectivity index (χ0v) is 13.7. The highest BCUT2D eigenvalue weighted by Gasteiger charge is 2.13. The van der Waals surface area contributed by atoms with Gasteiger partial charge in [-0.2, -0.15) is 0 Å². The van der Waals surface area contributed by atoms with Gasteiger partial charge in [-0.3, -0.25) is 10.1 Å². The average Bonchev–Trinajstić information content (AvgIpc) is 2.77. The minimum atomic E-state index is -0.380. The van der Waals surface area contributed by atoms with Gasteiger partial charge in [0, 0.05) is 22.0 Å². The molecule has 2 rings (SSSR count). The van der Waals surface area contributed by atoms with Crippen molar-refractivity contribution in [3.8, 4) is 0 Å². The quantitative estimate of drug-likeness (QED) is 0.572. The molecule has 1 N–H and O–H groups in total. The van der Waals surface area contributed by atoms with E-state index in [-0.39, 0.29) is 10.6 Å². The summed E-state index contributed by atoms with van der Waals surface area (Å²) in [5, 5.41) is 14.1. The largest absolute Gasteiger partial charge is 0.379 e. The van der Waals surface area contributed by atoms with Crippen molar-refractivity contribution in [1.29, 1.82) is 0 Å². The lowest BCUT2D eigenvalue weighted by atomic mass is 10.2. The molecule has 0 aliphatic heterocycles. The molecule has 0 amide bonds. The number of nitro benzene ring substituents is 1. The predicted molar refractivity (Wildman–Crippen MR) is 85.0 cm³/mol. The van der Waals surface area contributed by atoms with Crippen LogP contribution in [0.15, 0.2) is 38.6 Å². The van der Waals surface area contributed by atoms with Crippen molar-refractivity contribution in [2.75, 3.05) is 11.9 Å². The molecule has 0 aliphatic carbocycles. The van der Waals surface area contributed by atoms with E-state index < -0.39 is 0 Å². The lowest BCUT2D eigenvalue weighted by Gasteiger charge is -2.06. The molecule has 0 bridgehead atoms. The summed E-state index contributed by atoms with van der Waals surface area (Å²) >= 11 is 8.32.